The molecule has 0 saturated heterocycles. The van der Waals surface area contributed by atoms with Crippen LogP contribution in [0.2, 0.25) is 0 Å². The van der Waals surface area contributed by atoms with Crippen LogP contribution >= 0.6 is 35.3 Å². The molecule has 0 amide bonds. The van der Waals surface area contributed by atoms with Gasteiger partial charge >= 0.3 is 0 Å². The number of guanidine groups is 1. The van der Waals surface area contributed by atoms with E-state index in [0.29, 0.717) is 0 Å². The number of hydrogen-bond acceptors (Lipinski definition) is 3. The van der Waals surface area contributed by atoms with Gasteiger partial charge in [-0.2, -0.15) is 0 Å². The lowest BCUT2D eigenvalue weighted by Crippen LogP contribution is -2.43. The van der Waals surface area contributed by atoms with Crippen LogP contribution in [0.25, 0.3) is 5.57 Å². The maximum Gasteiger partial charge on any atom is 0.194 e. The van der Waals surface area contributed by atoms with Gasteiger partial charge in [0, 0.05) is 25.0 Å². The van der Waals surface area contributed by atoms with Crippen molar-refractivity contribution in [2.75, 3.05) is 20.1 Å². The van der Waals surface area contributed by atoms with Crippen LogP contribution in [0.3, 0.4) is 0 Å². The lowest BCUT2D eigenvalue weighted by molar-refractivity contribution is 0.440. The topological polar surface area (TPSA) is 40.5 Å². The molecule has 0 fully saturated rings. The van der Waals surface area contributed by atoms with Crippen molar-refractivity contribution in [3.8, 4) is 0 Å². The van der Waals surface area contributed by atoms with Crippen LogP contribution in [0.15, 0.2) is 46.9 Å². The molecule has 4 nitrogen and oxygen atoms in total. The molecular formula is C18H23IN4S. The third kappa shape index (κ3) is 4.57. The fourth-order valence-corrected chi connectivity index (χ4v) is 3.48. The molecule has 0 bridgehead atoms. The standard InChI is InChI=1S/C18H22N4S.HI/c1-14-17(23-13-21-14)12-20-18(19-2)22-10-8-16(9-11-22)15-6-4-3-5-7-15;/h3-8,13H,9-12H2,1-2H3,(H,19,20);1H. The molecule has 0 atom stereocenters. The van der Waals surface area contributed by atoms with Crippen molar-refractivity contribution < 1.29 is 0 Å². The monoisotopic (exact) mass is 454 g/mol. The summed E-state index contributed by atoms with van der Waals surface area (Å²) in [6.45, 7) is 4.72. The van der Waals surface area contributed by atoms with Gasteiger partial charge in [0.2, 0.25) is 0 Å². The van der Waals surface area contributed by atoms with E-state index in [4.69, 9.17) is 0 Å². The Hall–Kier alpha value is -1.41. The Morgan fingerprint density at radius 2 is 2.12 bits per heavy atom. The minimum atomic E-state index is 0. The average molecular weight is 454 g/mol. The fraction of sp³-hybridized carbons (Fsp3) is 0.333. The number of halogens is 1. The summed E-state index contributed by atoms with van der Waals surface area (Å²) in [6, 6.07) is 10.6. The molecule has 24 heavy (non-hydrogen) atoms. The number of hydrogen-bond donors (Lipinski definition) is 1. The van der Waals surface area contributed by atoms with E-state index < -0.39 is 0 Å². The highest BCUT2D eigenvalue weighted by Gasteiger charge is 2.16. The summed E-state index contributed by atoms with van der Waals surface area (Å²) in [5.41, 5.74) is 5.75. The first kappa shape index (κ1) is 18.9. The van der Waals surface area contributed by atoms with E-state index in [0.717, 1.165) is 37.7 Å². The number of thiazole rings is 1. The third-order valence-corrected chi connectivity index (χ3v) is 5.05. The molecule has 1 aromatic heterocycles. The van der Waals surface area contributed by atoms with Gasteiger partial charge in [-0.25, -0.2) is 4.98 Å². The summed E-state index contributed by atoms with van der Waals surface area (Å²) in [4.78, 5) is 12.3. The van der Waals surface area contributed by atoms with Crippen LogP contribution in [0.4, 0.5) is 0 Å². The number of nitrogens with zero attached hydrogens (tertiary/aromatic N) is 3. The highest BCUT2D eigenvalue weighted by Crippen LogP contribution is 2.22. The average Bonchev–Trinajstić information content (AvgIpc) is 3.02. The second-order valence-corrected chi connectivity index (χ2v) is 6.49. The zero-order chi connectivity index (χ0) is 16.1. The van der Waals surface area contributed by atoms with Crippen LogP contribution in [0.5, 0.6) is 0 Å². The highest BCUT2D eigenvalue weighted by atomic mass is 127. The Bertz CT molecular complexity index is 709. The Morgan fingerprint density at radius 3 is 2.71 bits per heavy atom. The van der Waals surface area contributed by atoms with Gasteiger partial charge in [0.1, 0.15) is 0 Å². The molecule has 0 unspecified atom stereocenters. The van der Waals surface area contributed by atoms with Gasteiger partial charge in [0.05, 0.1) is 17.7 Å². The van der Waals surface area contributed by atoms with E-state index in [1.54, 1.807) is 11.3 Å². The first-order valence-corrected chi connectivity index (χ1v) is 8.75. The molecule has 3 rings (SSSR count). The van der Waals surface area contributed by atoms with E-state index in [1.165, 1.54) is 16.0 Å². The zero-order valence-corrected chi connectivity index (χ0v) is 17.2. The summed E-state index contributed by atoms with van der Waals surface area (Å²) in [6.07, 6.45) is 3.36. The van der Waals surface area contributed by atoms with Crippen molar-refractivity contribution in [2.45, 2.75) is 19.9 Å². The van der Waals surface area contributed by atoms with Gasteiger partial charge in [-0.1, -0.05) is 36.4 Å². The molecule has 0 saturated carbocycles. The van der Waals surface area contributed by atoms with Gasteiger partial charge < -0.3 is 10.2 Å². The lowest BCUT2D eigenvalue weighted by atomic mass is 10.00. The van der Waals surface area contributed by atoms with Crippen molar-refractivity contribution in [2.24, 2.45) is 4.99 Å². The van der Waals surface area contributed by atoms with Crippen molar-refractivity contribution >= 4 is 46.8 Å². The second kappa shape index (κ2) is 9.17. The molecule has 1 aliphatic rings. The maximum absolute atomic E-state index is 4.43. The van der Waals surface area contributed by atoms with Crippen molar-refractivity contribution in [1.82, 2.24) is 15.2 Å². The minimum Gasteiger partial charge on any atom is -0.351 e. The van der Waals surface area contributed by atoms with Crippen molar-refractivity contribution in [1.29, 1.82) is 0 Å². The molecule has 128 valence electrons. The predicted molar refractivity (Wildman–Crippen MR) is 113 cm³/mol. The van der Waals surface area contributed by atoms with Gasteiger partial charge in [-0.3, -0.25) is 4.99 Å². The largest absolute Gasteiger partial charge is 0.351 e. The summed E-state index contributed by atoms with van der Waals surface area (Å²) in [7, 11) is 1.85. The van der Waals surface area contributed by atoms with E-state index >= 15 is 0 Å². The SMILES string of the molecule is CN=C(NCc1scnc1C)N1CC=C(c2ccccc2)CC1.I. The molecular weight excluding hydrogens is 431 g/mol. The first-order valence-electron chi connectivity index (χ1n) is 7.87. The Kier molecular flexibility index (Phi) is 7.23. The Labute approximate surface area is 164 Å². The molecule has 0 aliphatic carbocycles. The second-order valence-electron chi connectivity index (χ2n) is 5.55. The molecule has 2 aromatic rings. The molecule has 2 heterocycles. The first-order chi connectivity index (χ1) is 11.3. The van der Waals surface area contributed by atoms with Gasteiger partial charge in [0.15, 0.2) is 5.96 Å². The van der Waals surface area contributed by atoms with E-state index in [2.05, 4.69) is 56.6 Å². The van der Waals surface area contributed by atoms with Crippen LogP contribution in [-0.4, -0.2) is 36.0 Å². The fourth-order valence-electron chi connectivity index (χ4n) is 2.76. The summed E-state index contributed by atoms with van der Waals surface area (Å²) in [5.74, 6) is 0.959. The van der Waals surface area contributed by atoms with E-state index in [9.17, 15) is 0 Å². The van der Waals surface area contributed by atoms with Gasteiger partial charge in [-0.05, 0) is 24.5 Å². The number of aryl methyl sites for hydroxylation is 1. The quantitative estimate of drug-likeness (QED) is 0.434. The molecule has 0 radical (unpaired) electrons. The molecule has 1 aliphatic heterocycles. The van der Waals surface area contributed by atoms with Crippen LogP contribution < -0.4 is 5.32 Å². The number of benzene rings is 1. The van der Waals surface area contributed by atoms with Crippen LogP contribution in [0, 0.1) is 6.92 Å². The van der Waals surface area contributed by atoms with E-state index in [-0.39, 0.29) is 24.0 Å². The normalized spacial score (nSPS) is 14.8. The van der Waals surface area contributed by atoms with E-state index in [1.807, 2.05) is 19.5 Å². The summed E-state index contributed by atoms with van der Waals surface area (Å²) < 4.78 is 0. The van der Waals surface area contributed by atoms with Gasteiger partial charge in [-0.15, -0.1) is 35.3 Å². The molecule has 1 N–H and O–H groups in total. The van der Waals surface area contributed by atoms with Crippen LogP contribution in [0.1, 0.15) is 22.6 Å². The Morgan fingerprint density at radius 1 is 1.33 bits per heavy atom. The number of aliphatic imine (C=N–C) groups is 1. The summed E-state index contributed by atoms with van der Waals surface area (Å²) >= 11 is 1.69. The minimum absolute atomic E-state index is 0. The third-order valence-electron chi connectivity index (χ3n) is 4.12. The predicted octanol–water partition coefficient (Wildman–Crippen LogP) is 3.93. The number of nitrogens with one attached hydrogen (secondary N) is 1. The van der Waals surface area contributed by atoms with Gasteiger partial charge in [0.25, 0.3) is 0 Å². The van der Waals surface area contributed by atoms with Crippen molar-refractivity contribution in [3.63, 3.8) is 0 Å². The summed E-state index contributed by atoms with van der Waals surface area (Å²) in [5, 5.41) is 3.45. The molecule has 0 spiro atoms. The molecule has 1 aromatic carbocycles. The highest BCUT2D eigenvalue weighted by molar-refractivity contribution is 14.0. The zero-order valence-electron chi connectivity index (χ0n) is 14.0. The maximum atomic E-state index is 4.43. The number of rotatable bonds is 3. The van der Waals surface area contributed by atoms with Crippen LogP contribution in [-0.2, 0) is 6.54 Å². The smallest absolute Gasteiger partial charge is 0.194 e. The Balaban J connectivity index is 0.00000208. The molecule has 6 heteroatoms. The van der Waals surface area contributed by atoms with Crippen molar-refractivity contribution in [3.05, 3.63) is 58.1 Å². The lowest BCUT2D eigenvalue weighted by Gasteiger charge is -2.29. The number of aromatic nitrogens is 1.